The monoisotopic (exact) mass is 342 g/mol. The number of rotatable bonds is 6. The van der Waals surface area contributed by atoms with Crippen molar-refractivity contribution in [3.05, 3.63) is 36.5 Å². The third-order valence-corrected chi connectivity index (χ3v) is 4.96. The van der Waals surface area contributed by atoms with Gasteiger partial charge in [-0.05, 0) is 31.4 Å². The van der Waals surface area contributed by atoms with Crippen molar-refractivity contribution < 1.29 is 14.0 Å². The molecule has 2 fully saturated rings. The van der Waals surface area contributed by atoms with Crippen LogP contribution < -0.4 is 10.6 Å². The average molecular weight is 342 g/mol. The van der Waals surface area contributed by atoms with Gasteiger partial charge in [0.15, 0.2) is 0 Å². The van der Waals surface area contributed by atoms with Crippen molar-refractivity contribution >= 4 is 17.5 Å². The predicted molar refractivity (Wildman–Crippen MR) is 90.8 cm³/mol. The van der Waals surface area contributed by atoms with Crippen molar-refractivity contribution in [2.75, 3.05) is 5.32 Å². The van der Waals surface area contributed by atoms with Crippen LogP contribution in [0.3, 0.4) is 0 Å². The van der Waals surface area contributed by atoms with Crippen molar-refractivity contribution in [2.24, 2.45) is 5.92 Å². The van der Waals surface area contributed by atoms with E-state index in [0.29, 0.717) is 11.7 Å². The van der Waals surface area contributed by atoms with Crippen molar-refractivity contribution in [1.82, 2.24) is 15.1 Å². The normalized spacial score (nSPS) is 22.7. The molecule has 2 amide bonds. The van der Waals surface area contributed by atoms with Gasteiger partial charge in [-0.15, -0.1) is 0 Å². The lowest BCUT2D eigenvalue weighted by Crippen LogP contribution is -2.35. The molecule has 2 aliphatic rings. The van der Waals surface area contributed by atoms with Crippen LogP contribution in [0, 0.1) is 5.92 Å². The lowest BCUT2D eigenvalue weighted by Gasteiger charge is -2.11. The average Bonchev–Trinajstić information content (AvgIpc) is 3.03. The molecule has 0 saturated heterocycles. The van der Waals surface area contributed by atoms with Gasteiger partial charge in [0, 0.05) is 24.1 Å². The quantitative estimate of drug-likeness (QED) is 0.843. The van der Waals surface area contributed by atoms with Gasteiger partial charge < -0.3 is 15.1 Å². The summed E-state index contributed by atoms with van der Waals surface area (Å²) in [5.74, 6) is 0.908. The first-order valence-electron chi connectivity index (χ1n) is 8.85. The van der Waals surface area contributed by atoms with Crippen molar-refractivity contribution in [3.8, 4) is 0 Å². The fraction of sp³-hybridized carbons (Fsp3) is 0.500. The Kier molecular flexibility index (Phi) is 4.29. The van der Waals surface area contributed by atoms with Gasteiger partial charge >= 0.3 is 0 Å². The van der Waals surface area contributed by atoms with Crippen LogP contribution in [0.4, 0.5) is 5.69 Å². The smallest absolute Gasteiger partial charge is 0.241 e. The first-order chi connectivity index (χ1) is 12.2. The van der Waals surface area contributed by atoms with E-state index >= 15 is 0 Å². The zero-order chi connectivity index (χ0) is 17.2. The van der Waals surface area contributed by atoms with E-state index in [9.17, 15) is 9.59 Å². The number of aromatic nitrogens is 2. The Hall–Kier alpha value is -2.57. The highest BCUT2D eigenvalue weighted by molar-refractivity contribution is 5.94. The summed E-state index contributed by atoms with van der Waals surface area (Å²) in [6, 6.07) is 4.04. The molecule has 0 radical (unpaired) electrons. The number of nitrogens with zero attached hydrogens (tertiary/aromatic N) is 2. The topological polar surface area (TPSA) is 89.2 Å². The van der Waals surface area contributed by atoms with Gasteiger partial charge in [0.1, 0.15) is 12.3 Å². The molecule has 0 aromatic carbocycles. The maximum Gasteiger partial charge on any atom is 0.241 e. The fourth-order valence-corrected chi connectivity index (χ4v) is 3.54. The number of nitrogens with one attached hydrogen (secondary N) is 2. The molecule has 25 heavy (non-hydrogen) atoms. The number of amides is 2. The van der Waals surface area contributed by atoms with Crippen LogP contribution in [0.25, 0.3) is 0 Å². The molecule has 2 aromatic heterocycles. The molecule has 0 bridgehead atoms. The first kappa shape index (κ1) is 15.9. The molecule has 2 N–H and O–H groups in total. The van der Waals surface area contributed by atoms with Crippen molar-refractivity contribution in [2.45, 2.75) is 50.6 Å². The predicted octanol–water partition coefficient (Wildman–Crippen LogP) is 2.28. The number of furan rings is 1. The van der Waals surface area contributed by atoms with E-state index in [1.807, 2.05) is 12.1 Å². The molecule has 0 spiro atoms. The zero-order valence-corrected chi connectivity index (χ0v) is 14.0. The standard InChI is InChI=1S/C18H22N4O3/c23-17(20-12-4-1-2-5-12)11-22-10-13(9-19-22)21-18(24)15-8-14(15)16-6-3-7-25-16/h3,6-7,9-10,12,14-15H,1-2,4-5,8,11H2,(H,20,23)(H,21,24)/t14-,15-/m1/s1. The molecule has 2 aromatic rings. The maximum absolute atomic E-state index is 12.3. The Balaban J connectivity index is 1.26. The molecule has 2 aliphatic carbocycles. The molecule has 2 heterocycles. The van der Waals surface area contributed by atoms with E-state index in [0.717, 1.165) is 25.0 Å². The van der Waals surface area contributed by atoms with Crippen molar-refractivity contribution in [1.29, 1.82) is 0 Å². The van der Waals surface area contributed by atoms with Gasteiger partial charge in [0.25, 0.3) is 0 Å². The highest BCUT2D eigenvalue weighted by Gasteiger charge is 2.45. The van der Waals surface area contributed by atoms with Gasteiger partial charge in [-0.2, -0.15) is 5.10 Å². The molecule has 4 rings (SSSR count). The van der Waals surface area contributed by atoms with E-state index in [2.05, 4.69) is 15.7 Å². The zero-order valence-electron chi connectivity index (χ0n) is 14.0. The van der Waals surface area contributed by atoms with Gasteiger partial charge in [-0.25, -0.2) is 0 Å². The third kappa shape index (κ3) is 3.75. The molecular weight excluding hydrogens is 320 g/mol. The van der Waals surface area contributed by atoms with Gasteiger partial charge in [0.05, 0.1) is 18.1 Å². The molecule has 0 aliphatic heterocycles. The highest BCUT2D eigenvalue weighted by Crippen LogP contribution is 2.48. The molecule has 2 atom stereocenters. The summed E-state index contributed by atoms with van der Waals surface area (Å²) in [5.41, 5.74) is 0.615. The summed E-state index contributed by atoms with van der Waals surface area (Å²) in [6.45, 7) is 0.171. The van der Waals surface area contributed by atoms with Crippen LogP contribution in [0.15, 0.2) is 35.2 Å². The summed E-state index contributed by atoms with van der Waals surface area (Å²) in [4.78, 5) is 24.3. The number of anilines is 1. The van der Waals surface area contributed by atoms with Gasteiger partial charge in [0.2, 0.25) is 11.8 Å². The second-order valence-electron chi connectivity index (χ2n) is 6.93. The van der Waals surface area contributed by atoms with Gasteiger partial charge in [-0.1, -0.05) is 12.8 Å². The minimum absolute atomic E-state index is 0.0312. The van der Waals surface area contributed by atoms with E-state index in [-0.39, 0.29) is 30.2 Å². The highest BCUT2D eigenvalue weighted by atomic mass is 16.3. The second-order valence-corrected chi connectivity index (χ2v) is 6.93. The minimum Gasteiger partial charge on any atom is -0.469 e. The molecule has 0 unspecified atom stereocenters. The summed E-state index contributed by atoms with van der Waals surface area (Å²) in [5, 5.41) is 10.1. The second kappa shape index (κ2) is 6.74. The fourth-order valence-electron chi connectivity index (χ4n) is 3.54. The Morgan fingerprint density at radius 3 is 2.92 bits per heavy atom. The van der Waals surface area contributed by atoms with Crippen molar-refractivity contribution in [3.63, 3.8) is 0 Å². The van der Waals surface area contributed by atoms with Crippen LogP contribution in [0.1, 0.15) is 43.8 Å². The van der Waals surface area contributed by atoms with E-state index in [1.54, 1.807) is 23.3 Å². The molecule has 2 saturated carbocycles. The molecule has 7 heteroatoms. The van der Waals surface area contributed by atoms with Crippen LogP contribution in [-0.4, -0.2) is 27.6 Å². The van der Waals surface area contributed by atoms with Crippen LogP contribution in [0.5, 0.6) is 0 Å². The summed E-state index contributed by atoms with van der Waals surface area (Å²) in [7, 11) is 0. The summed E-state index contributed by atoms with van der Waals surface area (Å²) in [6.07, 6.45) is 10.2. The lowest BCUT2D eigenvalue weighted by atomic mass is 10.2. The summed E-state index contributed by atoms with van der Waals surface area (Å²) >= 11 is 0. The summed E-state index contributed by atoms with van der Waals surface area (Å²) < 4.78 is 6.90. The Morgan fingerprint density at radius 1 is 1.32 bits per heavy atom. The Bertz CT molecular complexity index is 746. The SMILES string of the molecule is O=C(Cn1cc(NC(=O)[C@@H]2C[C@H]2c2ccco2)cn1)NC1CCCC1. The Labute approximate surface area is 145 Å². The van der Waals surface area contributed by atoms with E-state index in [1.165, 1.54) is 12.8 Å². The largest absolute Gasteiger partial charge is 0.469 e. The van der Waals surface area contributed by atoms with Crippen LogP contribution in [-0.2, 0) is 16.1 Å². The van der Waals surface area contributed by atoms with Crippen LogP contribution >= 0.6 is 0 Å². The minimum atomic E-state index is -0.0554. The van der Waals surface area contributed by atoms with E-state index in [4.69, 9.17) is 4.42 Å². The third-order valence-electron chi connectivity index (χ3n) is 4.96. The molecule has 132 valence electrons. The number of carbonyl (C=O) groups excluding carboxylic acids is 2. The van der Waals surface area contributed by atoms with Gasteiger partial charge in [-0.3, -0.25) is 14.3 Å². The molecular formula is C18H22N4O3. The van der Waals surface area contributed by atoms with Crippen LogP contribution in [0.2, 0.25) is 0 Å². The number of hydrogen-bond acceptors (Lipinski definition) is 4. The number of hydrogen-bond donors (Lipinski definition) is 2. The molecule has 7 nitrogen and oxygen atoms in total. The maximum atomic E-state index is 12.3. The lowest BCUT2D eigenvalue weighted by molar-refractivity contribution is -0.122. The van der Waals surface area contributed by atoms with E-state index < -0.39 is 0 Å². The first-order valence-corrected chi connectivity index (χ1v) is 8.85. The Morgan fingerprint density at radius 2 is 2.16 bits per heavy atom. The number of carbonyl (C=O) groups is 2.